The van der Waals surface area contributed by atoms with Crippen LogP contribution in [0.1, 0.15) is 12.5 Å². The minimum atomic E-state index is 0.570. The molecule has 0 unspecified atom stereocenters. The van der Waals surface area contributed by atoms with Crippen LogP contribution in [-0.4, -0.2) is 12.8 Å². The first-order chi connectivity index (χ1) is 5.84. The first kappa shape index (κ1) is 9.07. The van der Waals surface area contributed by atoms with Crippen molar-refractivity contribution >= 4 is 17.8 Å². The van der Waals surface area contributed by atoms with Gasteiger partial charge in [-0.2, -0.15) is 0 Å². The molecule has 0 fully saturated rings. The molecule has 0 amide bonds. The lowest BCUT2D eigenvalue weighted by molar-refractivity contribution is 0.160. The molecule has 0 saturated heterocycles. The molecule has 1 aromatic rings. The van der Waals surface area contributed by atoms with Gasteiger partial charge in [-0.3, -0.25) is 0 Å². The molecule has 0 bridgehead atoms. The summed E-state index contributed by atoms with van der Waals surface area (Å²) in [4.78, 5) is 4.80. The second kappa shape index (κ2) is 4.78. The molecule has 0 aliphatic heterocycles. The van der Waals surface area contributed by atoms with Gasteiger partial charge in [0.2, 0.25) is 0 Å². The predicted molar refractivity (Wildman–Crippen MR) is 50.7 cm³/mol. The van der Waals surface area contributed by atoms with E-state index in [1.165, 1.54) is 0 Å². The van der Waals surface area contributed by atoms with Crippen LogP contribution in [0.25, 0.3) is 0 Å². The zero-order valence-corrected chi connectivity index (χ0v) is 7.58. The molecule has 0 aromatic heterocycles. The van der Waals surface area contributed by atoms with Crippen LogP contribution in [0.15, 0.2) is 29.4 Å². The van der Waals surface area contributed by atoms with Crippen LogP contribution in [0.3, 0.4) is 0 Å². The third-order valence-corrected chi connectivity index (χ3v) is 1.64. The number of rotatable bonds is 3. The van der Waals surface area contributed by atoms with Gasteiger partial charge in [0.05, 0.1) is 6.21 Å². The molecular formula is C9H10ClNO. The number of oxime groups is 1. The Kier molecular flexibility index (Phi) is 3.61. The summed E-state index contributed by atoms with van der Waals surface area (Å²) in [5, 5.41) is 4.39. The van der Waals surface area contributed by atoms with Crippen LogP contribution >= 0.6 is 11.6 Å². The van der Waals surface area contributed by atoms with Crippen molar-refractivity contribution in [2.45, 2.75) is 6.92 Å². The van der Waals surface area contributed by atoms with Crippen LogP contribution in [0.5, 0.6) is 0 Å². The maximum atomic E-state index is 5.86. The molecular weight excluding hydrogens is 174 g/mol. The average molecular weight is 184 g/mol. The number of hydrogen-bond donors (Lipinski definition) is 0. The Bertz CT molecular complexity index is 273. The third kappa shape index (κ3) is 2.55. The van der Waals surface area contributed by atoms with Gasteiger partial charge in [0.25, 0.3) is 0 Å². The molecule has 0 heterocycles. The smallest absolute Gasteiger partial charge is 0.114 e. The second-order valence-electron chi connectivity index (χ2n) is 2.17. The standard InChI is InChI=1S/C9H10ClNO/c1-2-12-11-7-8-5-3-4-6-9(8)10/h3-7H,2H2,1H3. The predicted octanol–water partition coefficient (Wildman–Crippen LogP) is 2.71. The number of nitrogens with zero attached hydrogens (tertiary/aromatic N) is 1. The average Bonchev–Trinajstić information content (AvgIpc) is 2.09. The highest BCUT2D eigenvalue weighted by atomic mass is 35.5. The van der Waals surface area contributed by atoms with Crippen molar-refractivity contribution in [2.24, 2.45) is 5.16 Å². The van der Waals surface area contributed by atoms with Crippen molar-refractivity contribution in [1.82, 2.24) is 0 Å². The molecule has 0 N–H and O–H groups in total. The van der Waals surface area contributed by atoms with Gasteiger partial charge >= 0.3 is 0 Å². The van der Waals surface area contributed by atoms with Crippen LogP contribution in [0.2, 0.25) is 5.02 Å². The zero-order valence-electron chi connectivity index (χ0n) is 6.83. The Morgan fingerprint density at radius 3 is 2.92 bits per heavy atom. The van der Waals surface area contributed by atoms with Gasteiger partial charge in [0.15, 0.2) is 0 Å². The fourth-order valence-electron chi connectivity index (χ4n) is 0.748. The van der Waals surface area contributed by atoms with E-state index in [-0.39, 0.29) is 0 Å². The van der Waals surface area contributed by atoms with Crippen LogP contribution in [0.4, 0.5) is 0 Å². The molecule has 0 atom stereocenters. The fourth-order valence-corrected chi connectivity index (χ4v) is 0.933. The minimum absolute atomic E-state index is 0.570. The highest BCUT2D eigenvalue weighted by Crippen LogP contribution is 2.12. The van der Waals surface area contributed by atoms with Crippen molar-refractivity contribution in [3.05, 3.63) is 34.9 Å². The van der Waals surface area contributed by atoms with Gasteiger partial charge in [-0.15, -0.1) is 0 Å². The first-order valence-corrected chi connectivity index (χ1v) is 4.12. The molecule has 1 aromatic carbocycles. The van der Waals surface area contributed by atoms with E-state index in [0.29, 0.717) is 11.6 Å². The second-order valence-corrected chi connectivity index (χ2v) is 2.58. The lowest BCUT2D eigenvalue weighted by Crippen LogP contribution is -1.84. The van der Waals surface area contributed by atoms with E-state index in [0.717, 1.165) is 5.56 Å². The summed E-state index contributed by atoms with van der Waals surface area (Å²) in [7, 11) is 0. The normalized spacial score (nSPS) is 10.5. The molecule has 2 nitrogen and oxygen atoms in total. The topological polar surface area (TPSA) is 21.6 Å². The summed E-state index contributed by atoms with van der Waals surface area (Å²) >= 11 is 5.86. The fraction of sp³-hybridized carbons (Fsp3) is 0.222. The van der Waals surface area contributed by atoms with Crippen LogP contribution in [-0.2, 0) is 4.84 Å². The lowest BCUT2D eigenvalue weighted by atomic mass is 10.2. The van der Waals surface area contributed by atoms with E-state index in [2.05, 4.69) is 5.16 Å². The van der Waals surface area contributed by atoms with E-state index >= 15 is 0 Å². The van der Waals surface area contributed by atoms with Crippen molar-refractivity contribution in [3.63, 3.8) is 0 Å². The Hall–Kier alpha value is -1.02. The first-order valence-electron chi connectivity index (χ1n) is 3.74. The summed E-state index contributed by atoms with van der Waals surface area (Å²) in [6.07, 6.45) is 1.60. The molecule has 0 spiro atoms. The van der Waals surface area contributed by atoms with Crippen molar-refractivity contribution < 1.29 is 4.84 Å². The van der Waals surface area contributed by atoms with Crippen LogP contribution in [0, 0.1) is 0 Å². The SMILES string of the molecule is CCON=Cc1ccccc1Cl. The van der Waals surface area contributed by atoms with Crippen molar-refractivity contribution in [1.29, 1.82) is 0 Å². The van der Waals surface area contributed by atoms with E-state index in [9.17, 15) is 0 Å². The highest BCUT2D eigenvalue weighted by molar-refractivity contribution is 6.33. The Balaban J connectivity index is 2.68. The van der Waals surface area contributed by atoms with E-state index < -0.39 is 0 Å². The number of hydrogen-bond acceptors (Lipinski definition) is 2. The summed E-state index contributed by atoms with van der Waals surface area (Å²) < 4.78 is 0. The Morgan fingerprint density at radius 2 is 2.25 bits per heavy atom. The van der Waals surface area contributed by atoms with Gasteiger partial charge in [-0.1, -0.05) is 35.0 Å². The molecule has 0 saturated carbocycles. The molecule has 0 aliphatic rings. The van der Waals surface area contributed by atoms with Crippen molar-refractivity contribution in [2.75, 3.05) is 6.61 Å². The van der Waals surface area contributed by atoms with Crippen LogP contribution < -0.4 is 0 Å². The molecule has 1 rings (SSSR count). The van der Waals surface area contributed by atoms with Gasteiger partial charge in [0, 0.05) is 10.6 Å². The van der Waals surface area contributed by atoms with Crippen molar-refractivity contribution in [3.8, 4) is 0 Å². The summed E-state index contributed by atoms with van der Waals surface area (Å²) in [6, 6.07) is 7.47. The lowest BCUT2D eigenvalue weighted by Gasteiger charge is -1.95. The quantitative estimate of drug-likeness (QED) is 0.522. The monoisotopic (exact) mass is 183 g/mol. The molecule has 0 radical (unpaired) electrons. The number of benzene rings is 1. The maximum Gasteiger partial charge on any atom is 0.114 e. The van der Waals surface area contributed by atoms with E-state index in [1.807, 2.05) is 31.2 Å². The Morgan fingerprint density at radius 1 is 1.50 bits per heavy atom. The summed E-state index contributed by atoms with van der Waals surface area (Å²) in [6.45, 7) is 2.45. The van der Waals surface area contributed by atoms with Gasteiger partial charge in [-0.25, -0.2) is 0 Å². The summed E-state index contributed by atoms with van der Waals surface area (Å²) in [5.74, 6) is 0. The molecule has 12 heavy (non-hydrogen) atoms. The zero-order chi connectivity index (χ0) is 8.81. The van der Waals surface area contributed by atoms with Gasteiger partial charge in [0.1, 0.15) is 6.61 Å². The minimum Gasteiger partial charge on any atom is -0.396 e. The summed E-state index contributed by atoms with van der Waals surface area (Å²) in [5.41, 5.74) is 0.868. The maximum absolute atomic E-state index is 5.86. The largest absolute Gasteiger partial charge is 0.396 e. The van der Waals surface area contributed by atoms with E-state index in [1.54, 1.807) is 6.21 Å². The molecule has 0 aliphatic carbocycles. The molecule has 64 valence electrons. The van der Waals surface area contributed by atoms with Gasteiger partial charge in [-0.05, 0) is 13.0 Å². The third-order valence-electron chi connectivity index (χ3n) is 1.30. The highest BCUT2D eigenvalue weighted by Gasteiger charge is 1.92. The van der Waals surface area contributed by atoms with Gasteiger partial charge < -0.3 is 4.84 Å². The number of halogens is 1. The Labute approximate surface area is 76.8 Å². The van der Waals surface area contributed by atoms with E-state index in [4.69, 9.17) is 16.4 Å². The molecule has 3 heteroatoms.